The molecule has 0 radical (unpaired) electrons. The van der Waals surface area contributed by atoms with Gasteiger partial charge >= 0.3 is 0 Å². The Morgan fingerprint density at radius 3 is 2.62 bits per heavy atom. The zero-order valence-corrected chi connectivity index (χ0v) is 14.6. The Bertz CT molecular complexity index is 1230. The molecule has 0 aliphatic heterocycles. The van der Waals surface area contributed by atoms with Crippen molar-refractivity contribution in [3.8, 4) is 22.9 Å². The maximum absolute atomic E-state index is 12.6. The molecule has 0 spiro atoms. The fourth-order valence-corrected chi connectivity index (χ4v) is 3.34. The highest BCUT2D eigenvalue weighted by Crippen LogP contribution is 2.33. The van der Waals surface area contributed by atoms with E-state index in [0.29, 0.717) is 27.5 Å². The van der Waals surface area contributed by atoms with E-state index >= 15 is 0 Å². The molecule has 0 amide bonds. The van der Waals surface area contributed by atoms with Crippen LogP contribution in [0.1, 0.15) is 11.3 Å². The van der Waals surface area contributed by atoms with Crippen LogP contribution in [0.2, 0.25) is 5.02 Å². The number of para-hydroxylation sites is 1. The van der Waals surface area contributed by atoms with Crippen LogP contribution in [0.25, 0.3) is 27.8 Å². The summed E-state index contributed by atoms with van der Waals surface area (Å²) < 4.78 is 1.68. The largest absolute Gasteiger partial charge is 0.305 e. The number of rotatable bonds is 2. The number of aryl methyl sites for hydroxylation is 1. The molecule has 0 saturated carbocycles. The summed E-state index contributed by atoms with van der Waals surface area (Å²) in [6, 6.07) is 18.7. The van der Waals surface area contributed by atoms with E-state index in [1.54, 1.807) is 22.9 Å². The van der Waals surface area contributed by atoms with Gasteiger partial charge in [-0.2, -0.15) is 10.4 Å². The number of nitrogens with one attached hydrogen (secondary N) is 1. The number of benzene rings is 2. The third kappa shape index (κ3) is 2.48. The number of nitriles is 1. The number of fused-ring (bicyclic) bond motifs is 1. The van der Waals surface area contributed by atoms with Crippen LogP contribution in [-0.2, 0) is 0 Å². The topological polar surface area (TPSA) is 74.5 Å². The molecule has 4 rings (SSSR count). The van der Waals surface area contributed by atoms with Gasteiger partial charge in [0.15, 0.2) is 0 Å². The van der Waals surface area contributed by atoms with Gasteiger partial charge in [-0.3, -0.25) is 4.79 Å². The monoisotopic (exact) mass is 360 g/mol. The van der Waals surface area contributed by atoms with Crippen molar-refractivity contribution in [3.05, 3.63) is 81.2 Å². The summed E-state index contributed by atoms with van der Waals surface area (Å²) in [4.78, 5) is 15.4. The number of hydrogen-bond acceptors (Lipinski definition) is 3. The smallest absolute Gasteiger partial charge is 0.268 e. The Morgan fingerprint density at radius 2 is 1.92 bits per heavy atom. The molecule has 2 heterocycles. The second-order valence-electron chi connectivity index (χ2n) is 5.88. The van der Waals surface area contributed by atoms with E-state index in [0.717, 1.165) is 11.1 Å². The summed E-state index contributed by atoms with van der Waals surface area (Å²) in [5, 5.41) is 15.4. The summed E-state index contributed by atoms with van der Waals surface area (Å²) in [7, 11) is 0. The van der Waals surface area contributed by atoms with E-state index < -0.39 is 5.56 Å². The van der Waals surface area contributed by atoms with Gasteiger partial charge in [-0.1, -0.05) is 41.9 Å². The maximum Gasteiger partial charge on any atom is 0.268 e. The SMILES string of the molecule is Cc1nn(-c2ccccc2)c2[nH]c(=O)c(C#N)c(-c3cccc(Cl)c3)c12. The molecule has 0 atom stereocenters. The lowest BCUT2D eigenvalue weighted by Crippen LogP contribution is -2.13. The number of aromatic amines is 1. The highest BCUT2D eigenvalue weighted by atomic mass is 35.5. The lowest BCUT2D eigenvalue weighted by atomic mass is 9.98. The molecule has 0 fully saturated rings. The van der Waals surface area contributed by atoms with Gasteiger partial charge in [0.2, 0.25) is 0 Å². The van der Waals surface area contributed by atoms with Crippen LogP contribution >= 0.6 is 11.6 Å². The number of aromatic nitrogens is 3. The summed E-state index contributed by atoms with van der Waals surface area (Å²) >= 11 is 6.13. The fraction of sp³-hybridized carbons (Fsp3) is 0.0500. The van der Waals surface area contributed by atoms with Gasteiger partial charge < -0.3 is 4.98 Å². The molecule has 0 unspecified atom stereocenters. The van der Waals surface area contributed by atoms with Gasteiger partial charge in [-0.25, -0.2) is 4.68 Å². The van der Waals surface area contributed by atoms with Crippen molar-refractivity contribution in [3.63, 3.8) is 0 Å². The Hall–Kier alpha value is -3.36. The van der Waals surface area contributed by atoms with Crippen LogP contribution in [0.3, 0.4) is 0 Å². The second kappa shape index (κ2) is 6.17. The quantitative estimate of drug-likeness (QED) is 0.581. The average molecular weight is 361 g/mol. The second-order valence-corrected chi connectivity index (χ2v) is 6.32. The van der Waals surface area contributed by atoms with Crippen molar-refractivity contribution in [2.75, 3.05) is 0 Å². The standard InChI is InChI=1S/C20H13ClN4O/c1-12-17-18(13-6-5-7-14(21)10-13)16(11-22)20(26)23-19(17)25(24-12)15-8-3-2-4-9-15/h2-10H,1H3,(H,23,26). The molecule has 2 aromatic carbocycles. The highest BCUT2D eigenvalue weighted by Gasteiger charge is 2.21. The molecular formula is C20H13ClN4O. The zero-order chi connectivity index (χ0) is 18.3. The minimum absolute atomic E-state index is 0.0514. The summed E-state index contributed by atoms with van der Waals surface area (Å²) in [6.45, 7) is 1.86. The number of nitrogens with zero attached hydrogens (tertiary/aromatic N) is 3. The van der Waals surface area contributed by atoms with Gasteiger partial charge in [0.05, 0.1) is 11.4 Å². The minimum atomic E-state index is -0.452. The number of hydrogen-bond donors (Lipinski definition) is 1. The van der Waals surface area contributed by atoms with Crippen molar-refractivity contribution in [2.24, 2.45) is 0 Å². The van der Waals surface area contributed by atoms with Crippen molar-refractivity contribution >= 4 is 22.6 Å². The molecule has 5 nitrogen and oxygen atoms in total. The predicted molar refractivity (Wildman–Crippen MR) is 102 cm³/mol. The van der Waals surface area contributed by atoms with Crippen molar-refractivity contribution in [1.82, 2.24) is 14.8 Å². The number of halogens is 1. The molecule has 0 aliphatic rings. The first-order valence-corrected chi connectivity index (χ1v) is 8.35. The Kier molecular flexibility index (Phi) is 3.83. The third-order valence-electron chi connectivity index (χ3n) is 4.25. The molecule has 0 bridgehead atoms. The third-order valence-corrected chi connectivity index (χ3v) is 4.48. The van der Waals surface area contributed by atoms with Gasteiger partial charge in [0.1, 0.15) is 17.3 Å². The van der Waals surface area contributed by atoms with E-state index in [9.17, 15) is 10.1 Å². The predicted octanol–water partition coefficient (Wildman–Crippen LogP) is 4.21. The fourth-order valence-electron chi connectivity index (χ4n) is 3.15. The molecule has 6 heteroatoms. The first-order chi connectivity index (χ1) is 12.6. The molecule has 1 N–H and O–H groups in total. The maximum atomic E-state index is 12.6. The number of H-pyrrole nitrogens is 1. The van der Waals surface area contributed by atoms with Crippen molar-refractivity contribution < 1.29 is 0 Å². The molecular weight excluding hydrogens is 348 g/mol. The summed E-state index contributed by atoms with van der Waals surface area (Å²) in [5.41, 5.74) is 2.94. The van der Waals surface area contributed by atoms with E-state index in [4.69, 9.17) is 11.6 Å². The Labute approximate surface area is 154 Å². The van der Waals surface area contributed by atoms with Crippen molar-refractivity contribution in [2.45, 2.75) is 6.92 Å². The lowest BCUT2D eigenvalue weighted by Gasteiger charge is -2.08. The van der Waals surface area contributed by atoms with Crippen LogP contribution in [0.15, 0.2) is 59.4 Å². The highest BCUT2D eigenvalue weighted by molar-refractivity contribution is 6.31. The molecule has 4 aromatic rings. The van der Waals surface area contributed by atoms with Gasteiger partial charge in [0.25, 0.3) is 5.56 Å². The van der Waals surface area contributed by atoms with Crippen LogP contribution in [0.4, 0.5) is 0 Å². The average Bonchev–Trinajstić information content (AvgIpc) is 2.97. The van der Waals surface area contributed by atoms with Crippen LogP contribution in [-0.4, -0.2) is 14.8 Å². The normalized spacial score (nSPS) is 10.8. The van der Waals surface area contributed by atoms with Crippen LogP contribution in [0, 0.1) is 18.3 Å². The molecule has 26 heavy (non-hydrogen) atoms. The van der Waals surface area contributed by atoms with Gasteiger partial charge in [-0.15, -0.1) is 0 Å². The Balaban J connectivity index is 2.16. The minimum Gasteiger partial charge on any atom is -0.305 e. The van der Waals surface area contributed by atoms with Crippen LogP contribution in [0.5, 0.6) is 0 Å². The number of pyridine rings is 1. The summed E-state index contributed by atoms with van der Waals surface area (Å²) in [5.74, 6) is 0. The van der Waals surface area contributed by atoms with E-state index in [1.165, 1.54) is 0 Å². The zero-order valence-electron chi connectivity index (χ0n) is 13.8. The summed E-state index contributed by atoms with van der Waals surface area (Å²) in [6.07, 6.45) is 0. The van der Waals surface area contributed by atoms with Crippen molar-refractivity contribution in [1.29, 1.82) is 5.26 Å². The molecule has 0 aliphatic carbocycles. The first-order valence-electron chi connectivity index (χ1n) is 7.97. The van der Waals surface area contributed by atoms with Gasteiger partial charge in [0, 0.05) is 16.0 Å². The molecule has 0 saturated heterocycles. The first kappa shape index (κ1) is 16.1. The lowest BCUT2D eigenvalue weighted by molar-refractivity contribution is 0.875. The molecule has 126 valence electrons. The van der Waals surface area contributed by atoms with E-state index in [-0.39, 0.29) is 5.56 Å². The molecule has 2 aromatic heterocycles. The van der Waals surface area contributed by atoms with E-state index in [1.807, 2.05) is 49.4 Å². The van der Waals surface area contributed by atoms with Crippen LogP contribution < -0.4 is 5.56 Å². The van der Waals surface area contributed by atoms with E-state index in [2.05, 4.69) is 10.1 Å². The van der Waals surface area contributed by atoms with Gasteiger partial charge in [-0.05, 0) is 36.8 Å². The Morgan fingerprint density at radius 1 is 1.15 bits per heavy atom.